The number of nitrogens with zero attached hydrogens (tertiary/aromatic N) is 1. The first-order valence-electron chi connectivity index (χ1n) is 6.00. The lowest BCUT2D eigenvalue weighted by molar-refractivity contribution is 0.102. The second kappa shape index (κ2) is 6.59. The molecule has 21 heavy (non-hydrogen) atoms. The molecule has 1 heterocycles. The molecular formula is C15H11F2N3O. The molecule has 106 valence electrons. The number of amides is 1. The van der Waals surface area contributed by atoms with Gasteiger partial charge in [0.15, 0.2) is 0 Å². The number of rotatable bonds is 2. The van der Waals surface area contributed by atoms with Crippen molar-refractivity contribution in [3.8, 4) is 11.8 Å². The van der Waals surface area contributed by atoms with E-state index in [2.05, 4.69) is 22.1 Å². The minimum absolute atomic E-state index is 0.183. The van der Waals surface area contributed by atoms with Crippen molar-refractivity contribution >= 4 is 11.6 Å². The van der Waals surface area contributed by atoms with Crippen LogP contribution in [0.5, 0.6) is 0 Å². The third kappa shape index (κ3) is 3.84. The third-order valence-electron chi connectivity index (χ3n) is 2.51. The minimum atomic E-state index is -0.725. The zero-order valence-corrected chi connectivity index (χ0v) is 10.9. The van der Waals surface area contributed by atoms with Crippen LogP contribution in [0.1, 0.15) is 15.9 Å². The summed E-state index contributed by atoms with van der Waals surface area (Å²) in [7, 11) is 0. The van der Waals surface area contributed by atoms with Crippen molar-refractivity contribution in [3.05, 3.63) is 59.4 Å². The van der Waals surface area contributed by atoms with Crippen molar-refractivity contribution in [1.29, 1.82) is 0 Å². The minimum Gasteiger partial charge on any atom is -0.320 e. The summed E-state index contributed by atoms with van der Waals surface area (Å²) in [5.74, 6) is 3.39. The summed E-state index contributed by atoms with van der Waals surface area (Å²) in [5.41, 5.74) is 5.71. The van der Waals surface area contributed by atoms with Gasteiger partial charge in [-0.15, -0.1) is 0 Å². The summed E-state index contributed by atoms with van der Waals surface area (Å²) < 4.78 is 26.5. The van der Waals surface area contributed by atoms with Crippen molar-refractivity contribution in [3.63, 3.8) is 0 Å². The van der Waals surface area contributed by atoms with Gasteiger partial charge in [-0.25, -0.2) is 8.78 Å². The van der Waals surface area contributed by atoms with Crippen molar-refractivity contribution in [1.82, 2.24) is 4.98 Å². The molecule has 0 aliphatic heterocycles. The first kappa shape index (κ1) is 14.6. The lowest BCUT2D eigenvalue weighted by atomic mass is 10.2. The Labute approximate surface area is 120 Å². The number of benzene rings is 1. The number of carbonyl (C=O) groups excluding carboxylic acids is 1. The predicted octanol–water partition coefficient (Wildman–Crippen LogP) is 1.92. The van der Waals surface area contributed by atoms with E-state index in [1.165, 1.54) is 18.5 Å². The van der Waals surface area contributed by atoms with Gasteiger partial charge in [-0.05, 0) is 18.2 Å². The quantitative estimate of drug-likeness (QED) is 0.829. The van der Waals surface area contributed by atoms with Crippen molar-refractivity contribution in [2.45, 2.75) is 0 Å². The summed E-state index contributed by atoms with van der Waals surface area (Å²) in [6.45, 7) is 0.185. The average Bonchev–Trinajstić information content (AvgIpc) is 2.49. The molecule has 3 N–H and O–H groups in total. The molecule has 0 saturated heterocycles. The normalized spacial score (nSPS) is 9.67. The molecule has 1 aromatic heterocycles. The second-order valence-electron chi connectivity index (χ2n) is 4.05. The van der Waals surface area contributed by atoms with Crippen LogP contribution in [0.15, 0.2) is 36.7 Å². The number of halogens is 2. The van der Waals surface area contributed by atoms with Gasteiger partial charge in [0.25, 0.3) is 5.91 Å². The molecule has 0 aliphatic rings. The smallest absolute Gasteiger partial charge is 0.257 e. The molecule has 1 amide bonds. The highest BCUT2D eigenvalue weighted by Crippen LogP contribution is 2.16. The van der Waals surface area contributed by atoms with Crippen LogP contribution in [0.3, 0.4) is 0 Å². The fraction of sp³-hybridized carbons (Fsp3) is 0.0667. The Balaban J connectivity index is 2.22. The Morgan fingerprint density at radius 3 is 2.86 bits per heavy atom. The molecular weight excluding hydrogens is 276 g/mol. The fourth-order valence-corrected chi connectivity index (χ4v) is 1.57. The highest BCUT2D eigenvalue weighted by atomic mass is 19.1. The number of aromatic nitrogens is 1. The Morgan fingerprint density at radius 2 is 2.10 bits per heavy atom. The molecule has 0 aliphatic carbocycles. The lowest BCUT2D eigenvalue weighted by Crippen LogP contribution is -2.13. The molecule has 0 radical (unpaired) electrons. The number of nitrogens with one attached hydrogen (secondary N) is 1. The maximum atomic E-state index is 13.5. The number of nitrogens with two attached hydrogens (primary N) is 1. The molecule has 0 atom stereocenters. The predicted molar refractivity (Wildman–Crippen MR) is 74.5 cm³/mol. The molecule has 6 heteroatoms. The number of carbonyl (C=O) groups is 1. The first-order valence-corrected chi connectivity index (χ1v) is 6.00. The van der Waals surface area contributed by atoms with E-state index in [0.29, 0.717) is 5.56 Å². The van der Waals surface area contributed by atoms with Crippen LogP contribution in [0, 0.1) is 23.5 Å². The molecule has 1 aromatic carbocycles. The third-order valence-corrected chi connectivity index (χ3v) is 2.51. The van der Waals surface area contributed by atoms with Gasteiger partial charge in [0.1, 0.15) is 11.6 Å². The Bertz CT molecular complexity index is 735. The molecule has 2 rings (SSSR count). The lowest BCUT2D eigenvalue weighted by Gasteiger charge is -2.06. The average molecular weight is 287 g/mol. The zero-order chi connectivity index (χ0) is 15.2. The van der Waals surface area contributed by atoms with E-state index < -0.39 is 17.5 Å². The highest BCUT2D eigenvalue weighted by molar-refractivity contribution is 6.04. The van der Waals surface area contributed by atoms with Gasteiger partial charge >= 0.3 is 0 Å². The Morgan fingerprint density at radius 1 is 1.29 bits per heavy atom. The van der Waals surface area contributed by atoms with Crippen molar-refractivity contribution < 1.29 is 13.6 Å². The molecule has 0 spiro atoms. The van der Waals surface area contributed by atoms with Gasteiger partial charge in [0, 0.05) is 24.0 Å². The monoisotopic (exact) mass is 287 g/mol. The molecule has 2 aromatic rings. The van der Waals surface area contributed by atoms with Gasteiger partial charge in [0.05, 0.1) is 17.8 Å². The number of hydrogen-bond donors (Lipinski definition) is 2. The van der Waals surface area contributed by atoms with E-state index >= 15 is 0 Å². The summed E-state index contributed by atoms with van der Waals surface area (Å²) in [6, 6.07) is 4.29. The maximum Gasteiger partial charge on any atom is 0.257 e. The van der Waals surface area contributed by atoms with Crippen LogP contribution >= 0.6 is 0 Å². The highest BCUT2D eigenvalue weighted by Gasteiger charge is 2.11. The van der Waals surface area contributed by atoms with Crippen LogP contribution in [0.25, 0.3) is 0 Å². The SMILES string of the molecule is NCC#Cc1cncc(C(=O)Nc2cc(F)ccc2F)c1. The van der Waals surface area contributed by atoms with Crippen LogP contribution in [0.2, 0.25) is 0 Å². The van der Waals surface area contributed by atoms with Gasteiger partial charge in [-0.2, -0.15) is 0 Å². The van der Waals surface area contributed by atoms with Crippen LogP contribution in [-0.4, -0.2) is 17.4 Å². The van der Waals surface area contributed by atoms with Crippen LogP contribution in [-0.2, 0) is 0 Å². The Hall–Kier alpha value is -2.78. The molecule has 4 nitrogen and oxygen atoms in total. The van der Waals surface area contributed by atoms with Gasteiger partial charge in [-0.3, -0.25) is 9.78 Å². The van der Waals surface area contributed by atoms with E-state index in [1.54, 1.807) is 0 Å². The largest absolute Gasteiger partial charge is 0.320 e. The van der Waals surface area contributed by atoms with E-state index in [9.17, 15) is 13.6 Å². The first-order chi connectivity index (χ1) is 10.1. The number of anilines is 1. The summed E-state index contributed by atoms with van der Waals surface area (Å²) >= 11 is 0. The second-order valence-corrected chi connectivity index (χ2v) is 4.05. The summed E-state index contributed by atoms with van der Waals surface area (Å²) in [4.78, 5) is 15.9. The van der Waals surface area contributed by atoms with Gasteiger partial charge < -0.3 is 11.1 Å². The van der Waals surface area contributed by atoms with Crippen LogP contribution in [0.4, 0.5) is 14.5 Å². The van der Waals surface area contributed by atoms with Crippen LogP contribution < -0.4 is 11.1 Å². The van der Waals surface area contributed by atoms with Crippen molar-refractivity contribution in [2.24, 2.45) is 5.73 Å². The number of pyridine rings is 1. The molecule has 0 unspecified atom stereocenters. The summed E-state index contributed by atoms with van der Waals surface area (Å²) in [5, 5.41) is 2.28. The van der Waals surface area contributed by atoms with Crippen molar-refractivity contribution in [2.75, 3.05) is 11.9 Å². The van der Waals surface area contributed by atoms with E-state index in [-0.39, 0.29) is 17.8 Å². The molecule has 0 bridgehead atoms. The molecule has 0 saturated carbocycles. The Kier molecular flexibility index (Phi) is 4.59. The van der Waals surface area contributed by atoms with E-state index in [4.69, 9.17) is 5.73 Å². The van der Waals surface area contributed by atoms with E-state index in [0.717, 1.165) is 18.2 Å². The molecule has 0 fully saturated rings. The standard InChI is InChI=1S/C15H11F2N3O/c16-12-3-4-13(17)14(7-12)20-15(21)11-6-10(2-1-5-18)8-19-9-11/h3-4,6-9H,5,18H2,(H,20,21). The zero-order valence-electron chi connectivity index (χ0n) is 10.9. The van der Waals surface area contributed by atoms with Gasteiger partial charge in [0.2, 0.25) is 0 Å². The maximum absolute atomic E-state index is 13.5. The topological polar surface area (TPSA) is 68.0 Å². The summed E-state index contributed by atoms with van der Waals surface area (Å²) in [6.07, 6.45) is 2.78. The fourth-order valence-electron chi connectivity index (χ4n) is 1.57. The van der Waals surface area contributed by atoms with E-state index in [1.807, 2.05) is 0 Å². The number of hydrogen-bond acceptors (Lipinski definition) is 3. The van der Waals surface area contributed by atoms with Gasteiger partial charge in [-0.1, -0.05) is 11.8 Å².